The van der Waals surface area contributed by atoms with Crippen LogP contribution in [0.1, 0.15) is 69.5 Å². The largest absolute Gasteiger partial charge is 0.363 e. The summed E-state index contributed by atoms with van der Waals surface area (Å²) in [5, 5.41) is 0. The number of aryl methyl sites for hydroxylation is 1. The van der Waals surface area contributed by atoms with Crippen LogP contribution < -0.4 is 0 Å². The third-order valence-corrected chi connectivity index (χ3v) is 5.15. The molecule has 1 atom stereocenters. The van der Waals surface area contributed by atoms with Gasteiger partial charge >= 0.3 is 0 Å². The maximum Gasteiger partial charge on any atom is 0.271 e. The minimum atomic E-state index is 0.0156. The van der Waals surface area contributed by atoms with E-state index in [-0.39, 0.29) is 17.7 Å². The average molecular weight is 311 g/mol. The Bertz CT molecular complexity index is 758. The molecular formula is C18H21N3O2. The summed E-state index contributed by atoms with van der Waals surface area (Å²) in [5.74, 6) is 0.184. The van der Waals surface area contributed by atoms with Crippen molar-refractivity contribution >= 4 is 11.7 Å². The monoisotopic (exact) mass is 311 g/mol. The van der Waals surface area contributed by atoms with E-state index < -0.39 is 0 Å². The van der Waals surface area contributed by atoms with Crippen LogP contribution in [0.25, 0.3) is 0 Å². The molecule has 5 nitrogen and oxygen atoms in total. The van der Waals surface area contributed by atoms with Gasteiger partial charge in [-0.25, -0.2) is 0 Å². The van der Waals surface area contributed by atoms with Gasteiger partial charge in [0.25, 0.3) is 5.91 Å². The van der Waals surface area contributed by atoms with Crippen LogP contribution in [-0.4, -0.2) is 33.1 Å². The van der Waals surface area contributed by atoms with Gasteiger partial charge in [0.15, 0.2) is 5.78 Å². The fraction of sp³-hybridized carbons (Fsp3) is 0.444. The summed E-state index contributed by atoms with van der Waals surface area (Å²) in [6.07, 6.45) is 6.20. The first-order chi connectivity index (χ1) is 11.2. The lowest BCUT2D eigenvalue weighted by Gasteiger charge is -2.24. The Morgan fingerprint density at radius 3 is 2.91 bits per heavy atom. The van der Waals surface area contributed by atoms with Crippen molar-refractivity contribution in [1.29, 1.82) is 0 Å². The molecule has 0 bridgehead atoms. The zero-order chi connectivity index (χ0) is 16.0. The van der Waals surface area contributed by atoms with Gasteiger partial charge in [0.1, 0.15) is 5.69 Å². The number of aromatic amines is 2. The number of carbonyl (C=O) groups excluding carboxylic acids is 2. The van der Waals surface area contributed by atoms with Crippen LogP contribution in [0.2, 0.25) is 0 Å². The quantitative estimate of drug-likeness (QED) is 0.894. The van der Waals surface area contributed by atoms with Gasteiger partial charge in [0.05, 0.1) is 6.04 Å². The van der Waals surface area contributed by atoms with Gasteiger partial charge in [0.2, 0.25) is 0 Å². The lowest BCUT2D eigenvalue weighted by molar-refractivity contribution is 0.0727. The lowest BCUT2D eigenvalue weighted by Crippen LogP contribution is -2.31. The van der Waals surface area contributed by atoms with Crippen LogP contribution in [0.5, 0.6) is 0 Å². The van der Waals surface area contributed by atoms with Gasteiger partial charge in [-0.1, -0.05) is 0 Å². The van der Waals surface area contributed by atoms with E-state index in [0.29, 0.717) is 12.1 Å². The van der Waals surface area contributed by atoms with E-state index in [0.717, 1.165) is 54.7 Å². The number of H-pyrrole nitrogens is 2. The molecule has 1 saturated heterocycles. The molecule has 2 aromatic heterocycles. The molecule has 1 amide bonds. The van der Waals surface area contributed by atoms with Gasteiger partial charge in [0, 0.05) is 36.1 Å². The van der Waals surface area contributed by atoms with Gasteiger partial charge < -0.3 is 14.9 Å². The van der Waals surface area contributed by atoms with E-state index in [1.54, 1.807) is 0 Å². The molecule has 1 aliphatic heterocycles. The summed E-state index contributed by atoms with van der Waals surface area (Å²) in [5.41, 5.74) is 4.21. The standard InChI is InChI=1S/C18H21N3O2/c1-11-16-13(5-2-8-15(16)22)20-17(11)18(23)21-10-4-7-14(21)12-6-3-9-19-12/h3,6,9,14,19-20H,2,4-5,7-8,10H2,1H3/t14-/m0/s1. The van der Waals surface area contributed by atoms with Crippen molar-refractivity contribution in [3.8, 4) is 0 Å². The lowest BCUT2D eigenvalue weighted by atomic mass is 9.93. The average Bonchev–Trinajstić information content (AvgIpc) is 3.26. The van der Waals surface area contributed by atoms with Crippen LogP contribution in [0.4, 0.5) is 0 Å². The van der Waals surface area contributed by atoms with Crippen molar-refractivity contribution < 1.29 is 9.59 Å². The van der Waals surface area contributed by atoms with E-state index in [4.69, 9.17) is 0 Å². The number of fused-ring (bicyclic) bond motifs is 1. The molecule has 120 valence electrons. The molecule has 3 heterocycles. The van der Waals surface area contributed by atoms with Crippen LogP contribution in [0.3, 0.4) is 0 Å². The van der Waals surface area contributed by atoms with E-state index in [1.165, 1.54) is 0 Å². The SMILES string of the molecule is Cc1c(C(=O)N2CCC[C@H]2c2ccc[nH]2)[nH]c2c1C(=O)CCC2. The maximum absolute atomic E-state index is 13.1. The molecule has 4 rings (SSSR count). The van der Waals surface area contributed by atoms with Crippen molar-refractivity contribution in [3.63, 3.8) is 0 Å². The highest BCUT2D eigenvalue weighted by atomic mass is 16.2. The van der Waals surface area contributed by atoms with Crippen molar-refractivity contribution in [3.05, 3.63) is 46.5 Å². The molecule has 5 heteroatoms. The summed E-state index contributed by atoms with van der Waals surface area (Å²) in [4.78, 5) is 33.6. The first kappa shape index (κ1) is 14.3. The highest BCUT2D eigenvalue weighted by molar-refractivity contribution is 6.04. The second-order valence-corrected chi connectivity index (χ2v) is 6.54. The molecule has 23 heavy (non-hydrogen) atoms. The minimum absolute atomic E-state index is 0.0156. The molecule has 2 N–H and O–H groups in total. The molecule has 0 unspecified atom stereocenters. The molecule has 1 aliphatic carbocycles. The molecule has 0 radical (unpaired) electrons. The number of Topliss-reactive ketones (excluding diaryl/α,β-unsaturated/α-hetero) is 1. The number of hydrogen-bond acceptors (Lipinski definition) is 2. The Morgan fingerprint density at radius 1 is 1.30 bits per heavy atom. The van der Waals surface area contributed by atoms with E-state index in [1.807, 2.05) is 30.2 Å². The molecular weight excluding hydrogens is 290 g/mol. The number of amides is 1. The molecule has 0 saturated carbocycles. The Kier molecular flexibility index (Phi) is 3.36. The number of ketones is 1. The minimum Gasteiger partial charge on any atom is -0.363 e. The molecule has 0 aromatic carbocycles. The van der Waals surface area contributed by atoms with Gasteiger partial charge in [-0.3, -0.25) is 9.59 Å². The molecule has 1 fully saturated rings. The molecule has 2 aliphatic rings. The Labute approximate surface area is 135 Å². The smallest absolute Gasteiger partial charge is 0.271 e. The predicted molar refractivity (Wildman–Crippen MR) is 86.6 cm³/mol. The van der Waals surface area contributed by atoms with Gasteiger partial charge in [-0.15, -0.1) is 0 Å². The normalized spacial score (nSPS) is 20.8. The van der Waals surface area contributed by atoms with Crippen LogP contribution >= 0.6 is 0 Å². The van der Waals surface area contributed by atoms with Gasteiger partial charge in [-0.2, -0.15) is 0 Å². The number of nitrogens with one attached hydrogen (secondary N) is 2. The number of nitrogens with zero attached hydrogens (tertiary/aromatic N) is 1. The Balaban J connectivity index is 1.68. The highest BCUT2D eigenvalue weighted by Gasteiger charge is 2.34. The van der Waals surface area contributed by atoms with Crippen molar-refractivity contribution in [2.75, 3.05) is 6.54 Å². The first-order valence-corrected chi connectivity index (χ1v) is 8.35. The van der Waals surface area contributed by atoms with Crippen molar-refractivity contribution in [2.24, 2.45) is 0 Å². The Morgan fingerprint density at radius 2 is 2.17 bits per heavy atom. The first-order valence-electron chi connectivity index (χ1n) is 8.35. The van der Waals surface area contributed by atoms with Crippen LogP contribution in [0.15, 0.2) is 18.3 Å². The fourth-order valence-electron chi connectivity index (χ4n) is 4.02. The van der Waals surface area contributed by atoms with Crippen LogP contribution in [0, 0.1) is 6.92 Å². The fourth-order valence-corrected chi connectivity index (χ4v) is 4.02. The molecule has 0 spiro atoms. The molecule has 2 aromatic rings. The number of carbonyl (C=O) groups is 2. The zero-order valence-electron chi connectivity index (χ0n) is 13.3. The summed E-state index contributed by atoms with van der Waals surface area (Å²) in [6.45, 7) is 2.66. The zero-order valence-corrected chi connectivity index (χ0v) is 13.3. The highest BCUT2D eigenvalue weighted by Crippen LogP contribution is 2.34. The second-order valence-electron chi connectivity index (χ2n) is 6.54. The number of rotatable bonds is 2. The summed E-state index contributed by atoms with van der Waals surface area (Å²) >= 11 is 0. The maximum atomic E-state index is 13.1. The number of aromatic nitrogens is 2. The summed E-state index contributed by atoms with van der Waals surface area (Å²) in [6, 6.07) is 4.10. The number of hydrogen-bond donors (Lipinski definition) is 2. The van der Waals surface area contributed by atoms with E-state index in [2.05, 4.69) is 9.97 Å². The Hall–Kier alpha value is -2.30. The summed E-state index contributed by atoms with van der Waals surface area (Å²) in [7, 11) is 0. The van der Waals surface area contributed by atoms with E-state index >= 15 is 0 Å². The third-order valence-electron chi connectivity index (χ3n) is 5.15. The van der Waals surface area contributed by atoms with E-state index in [9.17, 15) is 9.59 Å². The third kappa shape index (κ3) is 2.22. The summed E-state index contributed by atoms with van der Waals surface area (Å²) < 4.78 is 0. The topological polar surface area (TPSA) is 69.0 Å². The van der Waals surface area contributed by atoms with Crippen molar-refractivity contribution in [2.45, 2.75) is 45.1 Å². The number of likely N-dealkylation sites (tertiary alicyclic amines) is 1. The van der Waals surface area contributed by atoms with Crippen molar-refractivity contribution in [1.82, 2.24) is 14.9 Å². The van der Waals surface area contributed by atoms with Crippen LogP contribution in [-0.2, 0) is 6.42 Å². The second kappa shape index (κ2) is 5.41. The van der Waals surface area contributed by atoms with Gasteiger partial charge in [-0.05, 0) is 50.3 Å². The predicted octanol–water partition coefficient (Wildman–Crippen LogP) is 3.15.